The maximum atomic E-state index is 13.2. The third-order valence-electron chi connectivity index (χ3n) is 5.90. The van der Waals surface area contributed by atoms with Gasteiger partial charge in [-0.2, -0.15) is 4.31 Å². The summed E-state index contributed by atoms with van der Waals surface area (Å²) in [6.07, 6.45) is 1.13. The monoisotopic (exact) mass is 472 g/mol. The topological polar surface area (TPSA) is 92.8 Å². The number of esters is 1. The number of aryl methyl sites for hydroxylation is 3. The molecule has 0 saturated carbocycles. The van der Waals surface area contributed by atoms with Gasteiger partial charge in [-0.15, -0.1) is 0 Å². The zero-order valence-corrected chi connectivity index (χ0v) is 20.5. The summed E-state index contributed by atoms with van der Waals surface area (Å²) in [5.41, 5.74) is 3.99. The van der Waals surface area contributed by atoms with E-state index in [4.69, 9.17) is 4.74 Å². The Hall–Kier alpha value is -2.71. The second-order valence-electron chi connectivity index (χ2n) is 8.57. The molecule has 8 heteroatoms. The molecule has 1 heterocycles. The van der Waals surface area contributed by atoms with Gasteiger partial charge in [-0.05, 0) is 69.4 Å². The normalized spacial score (nSPS) is 15.3. The molecule has 0 spiro atoms. The summed E-state index contributed by atoms with van der Waals surface area (Å²) in [5.74, 6) is -0.657. The van der Waals surface area contributed by atoms with E-state index in [1.165, 1.54) is 4.31 Å². The van der Waals surface area contributed by atoms with E-state index in [2.05, 4.69) is 5.32 Å². The zero-order valence-electron chi connectivity index (χ0n) is 19.7. The van der Waals surface area contributed by atoms with E-state index in [9.17, 15) is 18.0 Å². The van der Waals surface area contributed by atoms with Gasteiger partial charge in [0.15, 0.2) is 0 Å². The van der Waals surface area contributed by atoms with Crippen LogP contribution >= 0.6 is 0 Å². The van der Waals surface area contributed by atoms with E-state index < -0.39 is 10.0 Å². The van der Waals surface area contributed by atoms with E-state index in [1.54, 1.807) is 31.2 Å². The average molecular weight is 473 g/mol. The van der Waals surface area contributed by atoms with Crippen LogP contribution in [0.4, 0.5) is 5.69 Å². The van der Waals surface area contributed by atoms with E-state index in [0.717, 1.165) is 22.3 Å². The van der Waals surface area contributed by atoms with Gasteiger partial charge in [0.05, 0.1) is 17.9 Å². The van der Waals surface area contributed by atoms with Gasteiger partial charge in [-0.3, -0.25) is 9.59 Å². The Labute approximate surface area is 196 Å². The first-order valence-electron chi connectivity index (χ1n) is 11.2. The maximum Gasteiger partial charge on any atom is 0.310 e. The molecule has 0 aromatic heterocycles. The Morgan fingerprint density at radius 2 is 1.61 bits per heavy atom. The van der Waals surface area contributed by atoms with Crippen LogP contribution in [0, 0.1) is 26.7 Å². The highest BCUT2D eigenvalue weighted by molar-refractivity contribution is 7.89. The Balaban J connectivity index is 1.58. The second kappa shape index (κ2) is 10.5. The van der Waals surface area contributed by atoms with Crippen molar-refractivity contribution in [3.05, 3.63) is 58.7 Å². The minimum absolute atomic E-state index is 0.118. The molecule has 0 atom stereocenters. The van der Waals surface area contributed by atoms with Crippen LogP contribution in [0.25, 0.3) is 0 Å². The lowest BCUT2D eigenvalue weighted by molar-refractivity contribution is -0.142. The number of amides is 1. The summed E-state index contributed by atoms with van der Waals surface area (Å²) in [4.78, 5) is 24.7. The predicted octanol–water partition coefficient (Wildman–Crippen LogP) is 3.76. The highest BCUT2D eigenvalue weighted by atomic mass is 32.2. The summed E-state index contributed by atoms with van der Waals surface area (Å²) in [6.45, 7) is 8.33. The molecular weight excluding hydrogens is 440 g/mol. The van der Waals surface area contributed by atoms with Crippen LogP contribution in [-0.2, 0) is 30.8 Å². The molecule has 1 fully saturated rings. The van der Waals surface area contributed by atoms with E-state index in [-0.39, 0.29) is 24.2 Å². The van der Waals surface area contributed by atoms with Gasteiger partial charge in [-0.1, -0.05) is 29.8 Å². The largest absolute Gasteiger partial charge is 0.466 e. The lowest BCUT2D eigenvalue weighted by atomic mass is 9.97. The number of benzene rings is 2. The van der Waals surface area contributed by atoms with Crippen LogP contribution in [-0.4, -0.2) is 44.3 Å². The van der Waals surface area contributed by atoms with Crippen molar-refractivity contribution in [1.29, 1.82) is 0 Å². The van der Waals surface area contributed by atoms with Crippen molar-refractivity contribution < 1.29 is 22.7 Å². The Bertz CT molecular complexity index is 1090. The molecular formula is C25H32N2O5S. The lowest BCUT2D eigenvalue weighted by Crippen LogP contribution is -2.41. The number of sulfonamides is 1. The van der Waals surface area contributed by atoms with Gasteiger partial charge in [-0.25, -0.2) is 8.42 Å². The molecule has 1 saturated heterocycles. The Morgan fingerprint density at radius 1 is 1.03 bits per heavy atom. The average Bonchev–Trinajstić information content (AvgIpc) is 2.74. The molecule has 7 nitrogen and oxygen atoms in total. The third-order valence-corrected chi connectivity index (χ3v) is 8.11. The minimum Gasteiger partial charge on any atom is -0.466 e. The molecule has 0 bridgehead atoms. The number of ether oxygens (including phenoxy) is 1. The molecule has 3 rings (SSSR count). The van der Waals surface area contributed by atoms with Gasteiger partial charge < -0.3 is 10.1 Å². The van der Waals surface area contributed by atoms with E-state index in [1.807, 2.05) is 32.9 Å². The molecule has 2 aromatic rings. The number of anilines is 1. The highest BCUT2D eigenvalue weighted by Crippen LogP contribution is 2.29. The second-order valence-corrected chi connectivity index (χ2v) is 10.4. The number of carbonyl (C=O) groups excluding carboxylic acids is 2. The summed E-state index contributed by atoms with van der Waals surface area (Å²) < 4.78 is 32.9. The third kappa shape index (κ3) is 6.00. The molecule has 0 radical (unpaired) electrons. The van der Waals surface area contributed by atoms with Crippen molar-refractivity contribution in [2.24, 2.45) is 5.92 Å². The predicted molar refractivity (Wildman–Crippen MR) is 128 cm³/mol. The Kier molecular flexibility index (Phi) is 7.92. The molecule has 2 aromatic carbocycles. The smallest absolute Gasteiger partial charge is 0.310 e. The van der Waals surface area contributed by atoms with Crippen LogP contribution in [0.3, 0.4) is 0 Å². The molecule has 1 amide bonds. The number of hydrogen-bond acceptors (Lipinski definition) is 5. The molecule has 1 N–H and O–H groups in total. The maximum absolute atomic E-state index is 13.2. The van der Waals surface area contributed by atoms with Crippen molar-refractivity contribution in [2.45, 2.75) is 51.9 Å². The van der Waals surface area contributed by atoms with Gasteiger partial charge in [0.25, 0.3) is 0 Å². The summed E-state index contributed by atoms with van der Waals surface area (Å²) in [7, 11) is -3.60. The fraction of sp³-hybridized carbons (Fsp3) is 0.440. The summed E-state index contributed by atoms with van der Waals surface area (Å²) in [6, 6.07) is 10.9. The van der Waals surface area contributed by atoms with Crippen LogP contribution < -0.4 is 5.32 Å². The first kappa shape index (κ1) is 24.9. The number of hydrogen-bond donors (Lipinski definition) is 1. The van der Waals surface area contributed by atoms with Gasteiger partial charge in [0.1, 0.15) is 0 Å². The minimum atomic E-state index is -3.60. The molecule has 0 aliphatic carbocycles. The van der Waals surface area contributed by atoms with E-state index in [0.29, 0.717) is 43.1 Å². The summed E-state index contributed by atoms with van der Waals surface area (Å²) >= 11 is 0. The van der Waals surface area contributed by atoms with Gasteiger partial charge in [0.2, 0.25) is 15.9 Å². The molecule has 1 aliphatic rings. The quantitative estimate of drug-likeness (QED) is 0.620. The summed E-state index contributed by atoms with van der Waals surface area (Å²) in [5, 5.41) is 2.90. The number of nitrogens with one attached hydrogen (secondary N) is 1. The fourth-order valence-electron chi connectivity index (χ4n) is 4.39. The lowest BCUT2D eigenvalue weighted by Gasteiger charge is -2.31. The molecule has 0 unspecified atom stereocenters. The first-order chi connectivity index (χ1) is 15.6. The number of carbonyl (C=O) groups is 2. The van der Waals surface area contributed by atoms with Crippen LogP contribution in [0.1, 0.15) is 42.0 Å². The van der Waals surface area contributed by atoms with Crippen molar-refractivity contribution in [3.63, 3.8) is 0 Å². The first-order valence-corrected chi connectivity index (χ1v) is 12.7. The Morgan fingerprint density at radius 3 is 2.15 bits per heavy atom. The highest BCUT2D eigenvalue weighted by Gasteiger charge is 2.33. The number of piperidine rings is 1. The van der Waals surface area contributed by atoms with Gasteiger partial charge in [0, 0.05) is 24.7 Å². The van der Waals surface area contributed by atoms with Crippen LogP contribution in [0.15, 0.2) is 41.3 Å². The van der Waals surface area contributed by atoms with Crippen LogP contribution in [0.2, 0.25) is 0 Å². The van der Waals surface area contributed by atoms with Gasteiger partial charge >= 0.3 is 5.97 Å². The fourth-order valence-corrected chi connectivity index (χ4v) is 6.27. The number of rotatable bonds is 7. The zero-order chi connectivity index (χ0) is 24.2. The van der Waals surface area contributed by atoms with Crippen molar-refractivity contribution in [1.82, 2.24) is 4.31 Å². The van der Waals surface area contributed by atoms with Crippen molar-refractivity contribution >= 4 is 27.6 Å². The molecule has 33 heavy (non-hydrogen) atoms. The van der Waals surface area contributed by atoms with Crippen molar-refractivity contribution in [2.75, 3.05) is 25.0 Å². The molecule has 1 aliphatic heterocycles. The van der Waals surface area contributed by atoms with Crippen molar-refractivity contribution in [3.8, 4) is 0 Å². The number of nitrogens with zero attached hydrogens (tertiary/aromatic N) is 1. The van der Waals surface area contributed by atoms with E-state index >= 15 is 0 Å². The van der Waals surface area contributed by atoms with Crippen LogP contribution in [0.5, 0.6) is 0 Å². The molecule has 178 valence electrons. The SMILES string of the molecule is CCOC(=O)Cc1ccc(NC(=O)C2CCN(S(=O)(=O)c3c(C)cc(C)cc3C)CC2)cc1. The standard InChI is InChI=1S/C25H32N2O5S/c1-5-32-23(28)16-20-6-8-22(9-7-20)26-25(29)21-10-12-27(13-11-21)33(30,31)24-18(3)14-17(2)15-19(24)4/h6-9,14-15,21H,5,10-13,16H2,1-4H3,(H,26,29).